The zero-order valence-electron chi connectivity index (χ0n) is 16.4. The van der Waals surface area contributed by atoms with Crippen molar-refractivity contribution in [1.82, 2.24) is 14.8 Å². The number of aromatic nitrogens is 3. The molecule has 0 radical (unpaired) electrons. The smallest absolute Gasteiger partial charge is 0.234 e. The second-order valence-electron chi connectivity index (χ2n) is 7.02. The van der Waals surface area contributed by atoms with Gasteiger partial charge < -0.3 is 10.1 Å². The maximum absolute atomic E-state index is 13.8. The summed E-state index contributed by atoms with van der Waals surface area (Å²) >= 11 is 1.14. The second-order valence-corrected chi connectivity index (χ2v) is 7.96. The van der Waals surface area contributed by atoms with Crippen molar-refractivity contribution in [2.24, 2.45) is 0 Å². The zero-order valence-corrected chi connectivity index (χ0v) is 17.2. The molecule has 0 bridgehead atoms. The third-order valence-electron chi connectivity index (χ3n) is 4.77. The van der Waals surface area contributed by atoms with Gasteiger partial charge in [0.15, 0.2) is 11.0 Å². The fraction of sp³-hybridized carbons (Fsp3) is 0.286. The summed E-state index contributed by atoms with van der Waals surface area (Å²) in [4.78, 5) is 12.3. The summed E-state index contributed by atoms with van der Waals surface area (Å²) in [6, 6.07) is 8.86. The van der Waals surface area contributed by atoms with Crippen LogP contribution in [0.4, 0.5) is 18.9 Å². The van der Waals surface area contributed by atoms with Gasteiger partial charge in [-0.3, -0.25) is 9.36 Å². The second kappa shape index (κ2) is 9.52. The third kappa shape index (κ3) is 5.26. The van der Waals surface area contributed by atoms with Crippen molar-refractivity contribution < 1.29 is 22.7 Å². The van der Waals surface area contributed by atoms with Crippen molar-refractivity contribution in [3.63, 3.8) is 0 Å². The number of nitrogens with zero attached hydrogens (tertiary/aromatic N) is 3. The van der Waals surface area contributed by atoms with E-state index in [9.17, 15) is 18.0 Å². The molecule has 2 aromatic carbocycles. The van der Waals surface area contributed by atoms with Crippen LogP contribution < -0.4 is 5.32 Å². The molecule has 6 nitrogen and oxygen atoms in total. The first-order valence-corrected chi connectivity index (χ1v) is 10.7. The summed E-state index contributed by atoms with van der Waals surface area (Å²) in [6.07, 6.45) is 1.86. The molecule has 4 rings (SSSR count). The van der Waals surface area contributed by atoms with Crippen LogP contribution in [0.15, 0.2) is 47.6 Å². The molecule has 1 fully saturated rings. The van der Waals surface area contributed by atoms with Gasteiger partial charge in [-0.15, -0.1) is 10.2 Å². The number of rotatable bonds is 7. The molecule has 1 aliphatic heterocycles. The Balaban J connectivity index is 1.50. The summed E-state index contributed by atoms with van der Waals surface area (Å²) in [5, 5.41) is 11.3. The molecule has 1 atom stereocenters. The lowest BCUT2D eigenvalue weighted by molar-refractivity contribution is -0.113. The molecule has 0 aliphatic carbocycles. The monoisotopic (exact) mass is 448 g/mol. The summed E-state index contributed by atoms with van der Waals surface area (Å²) in [6.45, 7) is 1.18. The van der Waals surface area contributed by atoms with Crippen LogP contribution in [-0.4, -0.2) is 39.1 Å². The van der Waals surface area contributed by atoms with Gasteiger partial charge in [0, 0.05) is 18.2 Å². The lowest BCUT2D eigenvalue weighted by Gasteiger charge is -2.14. The molecule has 10 heteroatoms. The number of carbonyl (C=O) groups is 1. The molecule has 1 saturated heterocycles. The van der Waals surface area contributed by atoms with Crippen molar-refractivity contribution in [1.29, 1.82) is 0 Å². The van der Waals surface area contributed by atoms with Crippen molar-refractivity contribution in [2.45, 2.75) is 30.6 Å². The van der Waals surface area contributed by atoms with Crippen LogP contribution in [-0.2, 0) is 16.1 Å². The van der Waals surface area contributed by atoms with Gasteiger partial charge in [-0.05, 0) is 49.2 Å². The minimum atomic E-state index is -0.849. The van der Waals surface area contributed by atoms with Crippen molar-refractivity contribution in [2.75, 3.05) is 17.7 Å². The average molecular weight is 448 g/mol. The molecule has 162 valence electrons. The van der Waals surface area contributed by atoms with Gasteiger partial charge in [-0.1, -0.05) is 11.8 Å². The van der Waals surface area contributed by atoms with Gasteiger partial charge in [0.2, 0.25) is 5.91 Å². The van der Waals surface area contributed by atoms with E-state index in [0.29, 0.717) is 35.8 Å². The van der Waals surface area contributed by atoms with E-state index < -0.39 is 17.5 Å². The van der Waals surface area contributed by atoms with Crippen LogP contribution in [0.1, 0.15) is 12.8 Å². The highest BCUT2D eigenvalue weighted by Crippen LogP contribution is 2.27. The zero-order chi connectivity index (χ0) is 21.8. The third-order valence-corrected chi connectivity index (χ3v) is 5.73. The van der Waals surface area contributed by atoms with Crippen LogP contribution >= 0.6 is 11.8 Å². The van der Waals surface area contributed by atoms with E-state index in [1.807, 2.05) is 4.57 Å². The Morgan fingerprint density at radius 3 is 2.61 bits per heavy atom. The predicted molar refractivity (Wildman–Crippen MR) is 110 cm³/mol. The molecule has 1 aliphatic rings. The minimum absolute atomic E-state index is 0.00307. The molecule has 3 aromatic rings. The molecule has 1 N–H and O–H groups in total. The Morgan fingerprint density at radius 1 is 1.13 bits per heavy atom. The number of ether oxygens (including phenoxy) is 1. The van der Waals surface area contributed by atoms with Gasteiger partial charge in [0.05, 0.1) is 24.1 Å². The Kier molecular flexibility index (Phi) is 6.57. The lowest BCUT2D eigenvalue weighted by Crippen LogP contribution is -2.18. The SMILES string of the molecule is O=C(CSc1nnc(-c2ccc(F)cc2)n1CC1CCCO1)Nc1ccc(F)cc1F. The lowest BCUT2D eigenvalue weighted by atomic mass is 10.2. The summed E-state index contributed by atoms with van der Waals surface area (Å²) in [5.74, 6) is -1.90. The van der Waals surface area contributed by atoms with Gasteiger partial charge in [0.25, 0.3) is 0 Å². The maximum atomic E-state index is 13.8. The van der Waals surface area contributed by atoms with E-state index >= 15 is 0 Å². The number of anilines is 1. The number of nitrogens with one attached hydrogen (secondary N) is 1. The molecular weight excluding hydrogens is 429 g/mol. The fourth-order valence-corrected chi connectivity index (χ4v) is 4.02. The van der Waals surface area contributed by atoms with E-state index in [-0.39, 0.29) is 23.4 Å². The van der Waals surface area contributed by atoms with Crippen molar-refractivity contribution >= 4 is 23.4 Å². The first-order chi connectivity index (χ1) is 15.0. The number of carbonyl (C=O) groups excluding carboxylic acids is 1. The quantitative estimate of drug-likeness (QED) is 0.547. The van der Waals surface area contributed by atoms with E-state index in [0.717, 1.165) is 30.7 Å². The normalized spacial score (nSPS) is 15.9. The number of hydrogen-bond donors (Lipinski definition) is 1. The largest absolute Gasteiger partial charge is 0.376 e. The van der Waals surface area contributed by atoms with E-state index in [2.05, 4.69) is 15.5 Å². The van der Waals surface area contributed by atoms with Gasteiger partial charge in [-0.2, -0.15) is 0 Å². The number of halogens is 3. The average Bonchev–Trinajstić information content (AvgIpc) is 3.40. The van der Waals surface area contributed by atoms with Crippen molar-refractivity contribution in [3.05, 3.63) is 59.9 Å². The Labute approximate surface area is 180 Å². The number of thioether (sulfide) groups is 1. The molecule has 0 saturated carbocycles. The highest BCUT2D eigenvalue weighted by atomic mass is 32.2. The van der Waals surface area contributed by atoms with E-state index in [4.69, 9.17) is 4.74 Å². The summed E-state index contributed by atoms with van der Waals surface area (Å²) < 4.78 is 47.7. The molecule has 1 unspecified atom stereocenters. The Bertz CT molecular complexity index is 1070. The predicted octanol–water partition coefficient (Wildman–Crippen LogP) is 4.27. The first kappa shape index (κ1) is 21.4. The molecule has 1 amide bonds. The topological polar surface area (TPSA) is 69.0 Å². The van der Waals surface area contributed by atoms with Crippen LogP contribution in [0.5, 0.6) is 0 Å². The highest BCUT2D eigenvalue weighted by molar-refractivity contribution is 7.99. The summed E-state index contributed by atoms with van der Waals surface area (Å²) in [7, 11) is 0. The van der Waals surface area contributed by atoms with Gasteiger partial charge in [0.1, 0.15) is 17.5 Å². The fourth-order valence-electron chi connectivity index (χ4n) is 3.27. The number of amides is 1. The van der Waals surface area contributed by atoms with Crippen LogP contribution in [0.3, 0.4) is 0 Å². The molecule has 2 heterocycles. The minimum Gasteiger partial charge on any atom is -0.376 e. The van der Waals surface area contributed by atoms with E-state index in [1.54, 1.807) is 12.1 Å². The molecule has 1 aromatic heterocycles. The first-order valence-electron chi connectivity index (χ1n) is 9.68. The van der Waals surface area contributed by atoms with Crippen LogP contribution in [0.2, 0.25) is 0 Å². The number of hydrogen-bond acceptors (Lipinski definition) is 5. The standard InChI is InChI=1S/C21H19F3N4O2S/c22-14-5-3-13(4-6-14)20-26-27-21(28(20)11-16-2-1-9-30-16)31-12-19(29)25-18-8-7-15(23)10-17(18)24/h3-8,10,16H,1-2,9,11-12H2,(H,25,29). The molecular formula is C21H19F3N4O2S. The van der Waals surface area contributed by atoms with Gasteiger partial charge in [-0.25, -0.2) is 13.2 Å². The summed E-state index contributed by atoms with van der Waals surface area (Å²) in [5.41, 5.74) is 0.594. The maximum Gasteiger partial charge on any atom is 0.234 e. The molecule has 31 heavy (non-hydrogen) atoms. The van der Waals surface area contributed by atoms with Crippen LogP contribution in [0, 0.1) is 17.5 Å². The van der Waals surface area contributed by atoms with Crippen LogP contribution in [0.25, 0.3) is 11.4 Å². The van der Waals surface area contributed by atoms with Gasteiger partial charge >= 0.3 is 0 Å². The number of benzene rings is 2. The van der Waals surface area contributed by atoms with E-state index in [1.165, 1.54) is 18.2 Å². The highest BCUT2D eigenvalue weighted by Gasteiger charge is 2.22. The Hall–Kier alpha value is -2.85. The Morgan fingerprint density at radius 2 is 1.90 bits per heavy atom. The molecule has 0 spiro atoms. The van der Waals surface area contributed by atoms with Crippen molar-refractivity contribution in [3.8, 4) is 11.4 Å².